The molecule has 0 aliphatic carbocycles. The van der Waals surface area contributed by atoms with Gasteiger partial charge in [0.25, 0.3) is 0 Å². The third-order valence-corrected chi connectivity index (χ3v) is 17.0. The molecule has 104 heavy (non-hydrogen) atoms. The van der Waals surface area contributed by atoms with Crippen molar-refractivity contribution < 1.29 is 114 Å². The first kappa shape index (κ1) is 84.9. The number of carbonyl (C=O) groups excluding carboxylic acids is 4. The third kappa shape index (κ3) is 20.8. The molecule has 4 N–H and O–H groups in total. The van der Waals surface area contributed by atoms with E-state index in [0.717, 1.165) is 0 Å². The quantitative estimate of drug-likeness (QED) is 0.0249. The molecule has 0 aromatic heterocycles. The number of aliphatic hydroxyl groups excluding tert-OH is 2. The van der Waals surface area contributed by atoms with Crippen molar-refractivity contribution in [3.05, 3.63) is 213 Å². The summed E-state index contributed by atoms with van der Waals surface area (Å²) in [5, 5.41) is 41.4. The van der Waals surface area contributed by atoms with E-state index >= 15 is 0 Å². The average molecular weight is 1450 g/mol. The summed E-state index contributed by atoms with van der Waals surface area (Å²) in [6, 6.07) is 36.0. The van der Waals surface area contributed by atoms with Gasteiger partial charge in [-0.05, 0) is 221 Å². The number of methoxy groups -OCH3 is 12. The van der Waals surface area contributed by atoms with E-state index in [-0.39, 0.29) is 33.4 Å². The minimum absolute atomic E-state index is 0.188. The lowest BCUT2D eigenvalue weighted by atomic mass is 9.87. The predicted octanol–water partition coefficient (Wildman–Crippen LogP) is 15.0. The van der Waals surface area contributed by atoms with Crippen molar-refractivity contribution in [3.63, 3.8) is 0 Å². The topological polar surface area (TPSA) is 260 Å². The van der Waals surface area contributed by atoms with E-state index in [1.54, 1.807) is 89.1 Å². The second-order valence-electron chi connectivity index (χ2n) is 25.5. The van der Waals surface area contributed by atoms with Crippen LogP contribution in [-0.2, 0) is 37.9 Å². The maximum atomic E-state index is 14.6. The molecular formula is C80H92F4O20. The molecule has 0 heterocycles. The van der Waals surface area contributed by atoms with E-state index < -0.39 is 94.0 Å². The average Bonchev–Trinajstić information content (AvgIpc) is 0.804. The summed E-state index contributed by atoms with van der Waals surface area (Å²) in [5.74, 6) is -2.09. The Bertz CT molecular complexity index is 4000. The highest BCUT2D eigenvalue weighted by Gasteiger charge is 2.37. The van der Waals surface area contributed by atoms with Gasteiger partial charge in [-0.25, -0.2) is 36.7 Å². The lowest BCUT2D eigenvalue weighted by Crippen LogP contribution is -2.33. The van der Waals surface area contributed by atoms with Crippen LogP contribution in [0.25, 0.3) is 44.5 Å². The van der Waals surface area contributed by atoms with Gasteiger partial charge in [0, 0.05) is 50.7 Å². The smallest absolute Gasteiger partial charge is 0.337 e. The van der Waals surface area contributed by atoms with E-state index in [4.69, 9.17) is 47.4 Å². The van der Waals surface area contributed by atoms with Crippen LogP contribution in [0.1, 0.15) is 143 Å². The number of ether oxygens (including phenoxy) is 12. The van der Waals surface area contributed by atoms with Crippen LogP contribution in [0.5, 0.6) is 23.0 Å². The van der Waals surface area contributed by atoms with Crippen molar-refractivity contribution >= 4 is 23.9 Å². The Labute approximate surface area is 603 Å². The van der Waals surface area contributed by atoms with Crippen molar-refractivity contribution in [2.24, 2.45) is 0 Å². The maximum Gasteiger partial charge on any atom is 0.337 e. The Morgan fingerprint density at radius 3 is 0.702 bits per heavy atom. The molecule has 0 saturated heterocycles. The Morgan fingerprint density at radius 1 is 0.308 bits per heavy atom. The first-order valence-electron chi connectivity index (χ1n) is 32.2. The molecular weight excluding hydrogens is 1360 g/mol. The van der Waals surface area contributed by atoms with Gasteiger partial charge in [-0.2, -0.15) is 0 Å². The molecule has 0 aliphatic heterocycles. The monoisotopic (exact) mass is 1450 g/mol. The molecule has 20 nitrogen and oxygen atoms in total. The summed E-state index contributed by atoms with van der Waals surface area (Å²) in [6.07, 6.45) is -3.82. The molecule has 0 radical (unpaired) electrons. The fourth-order valence-corrected chi connectivity index (χ4v) is 11.0. The van der Waals surface area contributed by atoms with Gasteiger partial charge in [0.2, 0.25) is 0 Å². The fraction of sp³-hybridized carbons (Fsp3) is 0.350. The zero-order chi connectivity index (χ0) is 77.9. The summed E-state index contributed by atoms with van der Waals surface area (Å²) < 4.78 is 120. The molecule has 0 fully saturated rings. The zero-order valence-corrected chi connectivity index (χ0v) is 62.0. The molecule has 4 atom stereocenters. The number of carbonyl (C=O) groups is 4. The fourth-order valence-electron chi connectivity index (χ4n) is 11.0. The van der Waals surface area contributed by atoms with Gasteiger partial charge in [-0.1, -0.05) is 24.3 Å². The van der Waals surface area contributed by atoms with Gasteiger partial charge in [0.15, 0.2) is 0 Å². The highest BCUT2D eigenvalue weighted by molar-refractivity contribution is 5.93. The summed E-state index contributed by atoms with van der Waals surface area (Å²) in [7, 11) is 17.3. The minimum atomic E-state index is -1.50. The lowest BCUT2D eigenvalue weighted by Gasteiger charge is -2.33. The molecule has 8 aromatic carbocycles. The number of halogens is 4. The van der Waals surface area contributed by atoms with Crippen molar-refractivity contribution in [2.45, 2.75) is 102 Å². The van der Waals surface area contributed by atoms with Crippen LogP contribution in [-0.4, -0.2) is 152 Å². The van der Waals surface area contributed by atoms with Crippen LogP contribution in [0, 0.1) is 23.3 Å². The van der Waals surface area contributed by atoms with Crippen molar-refractivity contribution in [1.82, 2.24) is 0 Å². The molecule has 0 amide bonds. The molecule has 0 unspecified atom stereocenters. The highest BCUT2D eigenvalue weighted by atomic mass is 19.1. The second-order valence-corrected chi connectivity index (χ2v) is 25.5. The Balaban J connectivity index is 0.000000249. The summed E-state index contributed by atoms with van der Waals surface area (Å²) in [6.45, 7) is 13.1. The van der Waals surface area contributed by atoms with Crippen molar-refractivity contribution in [3.8, 4) is 67.5 Å². The molecule has 8 aromatic rings. The van der Waals surface area contributed by atoms with Crippen LogP contribution < -0.4 is 18.9 Å². The van der Waals surface area contributed by atoms with Gasteiger partial charge in [0.1, 0.15) is 70.7 Å². The SMILES string of the molecule is COC(=O)c1ccc(-c2cc(OC)ccc2F)c([C@@H](O)C(C)(C)O)c1.COC(=O)c1ccc(-c2cc(OC)ccc2F)c([C@@H](OC)C(C)(C)OC)c1.COC(=O)c1ccc(-c2cc(OC)ccc2F)c([C@H](O)C(C)(C)O)c1.COC(=O)c1ccc(-c2cc(OC)ccc2F)c([C@H](OC)C(C)(C)OC)c1. The van der Waals surface area contributed by atoms with Gasteiger partial charge < -0.3 is 77.3 Å². The van der Waals surface area contributed by atoms with E-state index in [1.165, 1.54) is 170 Å². The van der Waals surface area contributed by atoms with E-state index in [0.29, 0.717) is 78.6 Å². The number of aliphatic hydroxyl groups is 4. The highest BCUT2D eigenvalue weighted by Crippen LogP contribution is 2.44. The van der Waals surface area contributed by atoms with Crippen LogP contribution in [0.2, 0.25) is 0 Å². The van der Waals surface area contributed by atoms with Crippen molar-refractivity contribution in [2.75, 3.05) is 85.3 Å². The molecule has 0 saturated carbocycles. The van der Waals surface area contributed by atoms with Crippen LogP contribution in [0.3, 0.4) is 0 Å². The van der Waals surface area contributed by atoms with E-state index in [1.807, 2.05) is 27.7 Å². The van der Waals surface area contributed by atoms with Crippen LogP contribution in [0.15, 0.2) is 146 Å². The largest absolute Gasteiger partial charge is 0.497 e. The molecule has 0 bridgehead atoms. The first-order chi connectivity index (χ1) is 48.9. The molecule has 0 spiro atoms. The van der Waals surface area contributed by atoms with Crippen LogP contribution in [0.4, 0.5) is 17.6 Å². The summed E-state index contributed by atoms with van der Waals surface area (Å²) >= 11 is 0. The molecule has 24 heteroatoms. The number of esters is 4. The predicted molar refractivity (Wildman–Crippen MR) is 383 cm³/mol. The normalized spacial score (nSPS) is 12.6. The Morgan fingerprint density at radius 2 is 0.519 bits per heavy atom. The molecule has 560 valence electrons. The summed E-state index contributed by atoms with van der Waals surface area (Å²) in [4.78, 5) is 47.6. The maximum absolute atomic E-state index is 14.6. The minimum Gasteiger partial charge on any atom is -0.497 e. The number of benzene rings is 8. The van der Waals surface area contributed by atoms with Gasteiger partial charge in [0.05, 0.1) is 102 Å². The van der Waals surface area contributed by atoms with Crippen molar-refractivity contribution in [1.29, 1.82) is 0 Å². The lowest BCUT2D eigenvalue weighted by molar-refractivity contribution is -0.0967. The van der Waals surface area contributed by atoms with E-state index in [2.05, 4.69) is 9.47 Å². The Hall–Kier alpha value is -9.76. The molecule has 0 aliphatic rings. The molecule has 8 rings (SSSR count). The number of hydrogen-bond donors (Lipinski definition) is 4. The van der Waals surface area contributed by atoms with Gasteiger partial charge in [-0.15, -0.1) is 0 Å². The first-order valence-corrected chi connectivity index (χ1v) is 32.2. The number of rotatable bonds is 24. The standard InChI is InChI=1S/2C21H25FO5.2C19H21FO5/c2*1-21(2,27-6)19(25-4)17-11-13(20(23)26-5)7-9-15(17)16-12-14(24-3)8-10-18(16)22;2*1-19(2,23)17(21)15-9-11(18(22)25-4)5-7-13(15)14-10-12(24-3)6-8-16(14)20/h2*7-12,19H,1-6H3;2*5-10,17,21,23H,1-4H3/t2*19-;2*17-/m1010/s1. The van der Waals surface area contributed by atoms with Gasteiger partial charge >= 0.3 is 23.9 Å². The van der Waals surface area contributed by atoms with Crippen LogP contribution >= 0.6 is 0 Å². The number of hydrogen-bond acceptors (Lipinski definition) is 20. The second kappa shape index (κ2) is 37.1. The van der Waals surface area contributed by atoms with Gasteiger partial charge in [-0.3, -0.25) is 0 Å². The van der Waals surface area contributed by atoms with E-state index in [9.17, 15) is 57.2 Å². The third-order valence-electron chi connectivity index (χ3n) is 17.0. The zero-order valence-electron chi connectivity index (χ0n) is 62.0. The summed E-state index contributed by atoms with van der Waals surface area (Å²) in [5.41, 5.74) is 1.15. The Kier molecular flexibility index (Phi) is 30.3.